The van der Waals surface area contributed by atoms with Gasteiger partial charge in [-0.25, -0.2) is 8.42 Å². The van der Waals surface area contributed by atoms with Crippen LogP contribution in [0.3, 0.4) is 0 Å². The minimum Gasteiger partial charge on any atom is -0.496 e. The molecule has 0 bridgehead atoms. The molecule has 186 valence electrons. The molecule has 3 aromatic rings. The van der Waals surface area contributed by atoms with Crippen LogP contribution in [-0.2, 0) is 14.8 Å². The Labute approximate surface area is 209 Å². The van der Waals surface area contributed by atoms with Crippen LogP contribution in [0.4, 0.5) is 5.69 Å². The van der Waals surface area contributed by atoms with E-state index in [4.69, 9.17) is 4.74 Å². The molecule has 0 heterocycles. The summed E-state index contributed by atoms with van der Waals surface area (Å²) in [5, 5.41) is 3.02. The van der Waals surface area contributed by atoms with Gasteiger partial charge in [-0.15, -0.1) is 0 Å². The smallest absolute Gasteiger partial charge is 0.264 e. The van der Waals surface area contributed by atoms with Crippen molar-refractivity contribution >= 4 is 21.6 Å². The van der Waals surface area contributed by atoms with Gasteiger partial charge in [0.15, 0.2) is 0 Å². The molecule has 0 aliphatic rings. The Kier molecular flexibility index (Phi) is 8.22. The van der Waals surface area contributed by atoms with Crippen molar-refractivity contribution in [3.8, 4) is 5.75 Å². The van der Waals surface area contributed by atoms with E-state index in [0.29, 0.717) is 12.1 Å². The highest BCUT2D eigenvalue weighted by Crippen LogP contribution is 2.27. The monoisotopic (exact) mass is 494 g/mol. The maximum Gasteiger partial charge on any atom is 0.264 e. The van der Waals surface area contributed by atoms with E-state index in [1.807, 2.05) is 58.9 Å². The van der Waals surface area contributed by atoms with Gasteiger partial charge in [0.2, 0.25) is 5.91 Å². The summed E-state index contributed by atoms with van der Waals surface area (Å²) in [6, 6.07) is 17.7. The molecule has 7 heteroatoms. The molecule has 0 aromatic heterocycles. The van der Waals surface area contributed by atoms with Crippen molar-refractivity contribution in [1.29, 1.82) is 0 Å². The summed E-state index contributed by atoms with van der Waals surface area (Å²) in [6.45, 7) is 9.32. The molecule has 6 nitrogen and oxygen atoms in total. The molecule has 0 aliphatic carbocycles. The Morgan fingerprint density at radius 1 is 0.914 bits per heavy atom. The average Bonchev–Trinajstić information content (AvgIpc) is 2.80. The molecule has 1 amide bonds. The zero-order valence-corrected chi connectivity index (χ0v) is 22.1. The van der Waals surface area contributed by atoms with Crippen LogP contribution in [0, 0.1) is 27.7 Å². The third-order valence-corrected chi connectivity index (χ3v) is 7.74. The molecule has 1 N–H and O–H groups in total. The van der Waals surface area contributed by atoms with Crippen molar-refractivity contribution in [3.05, 3.63) is 88.5 Å². The van der Waals surface area contributed by atoms with Crippen molar-refractivity contribution < 1.29 is 17.9 Å². The SMILES string of the molecule is CC[C@H](NC(=O)CN(c1cc(C)cc(C)c1)S(=O)(=O)c1ccc(C)cc1)c1ccc(OC)c(C)c1. The summed E-state index contributed by atoms with van der Waals surface area (Å²) in [4.78, 5) is 13.4. The van der Waals surface area contributed by atoms with E-state index < -0.39 is 10.0 Å². The van der Waals surface area contributed by atoms with E-state index in [2.05, 4.69) is 5.32 Å². The van der Waals surface area contributed by atoms with Gasteiger partial charge in [0.1, 0.15) is 12.3 Å². The number of sulfonamides is 1. The highest BCUT2D eigenvalue weighted by molar-refractivity contribution is 7.92. The molecular weight excluding hydrogens is 460 g/mol. The van der Waals surface area contributed by atoms with Crippen LogP contribution in [0.1, 0.15) is 47.2 Å². The molecule has 1 atom stereocenters. The van der Waals surface area contributed by atoms with Crippen molar-refractivity contribution in [1.82, 2.24) is 5.32 Å². The number of hydrogen-bond acceptors (Lipinski definition) is 4. The fraction of sp³-hybridized carbons (Fsp3) is 0.321. The van der Waals surface area contributed by atoms with Crippen LogP contribution in [-0.4, -0.2) is 28.0 Å². The second-order valence-corrected chi connectivity index (χ2v) is 10.8. The Bertz CT molecular complexity index is 1280. The number of nitrogens with zero attached hydrogens (tertiary/aromatic N) is 1. The maximum atomic E-state index is 13.7. The van der Waals surface area contributed by atoms with Gasteiger partial charge < -0.3 is 10.1 Å². The van der Waals surface area contributed by atoms with Crippen LogP contribution < -0.4 is 14.4 Å². The molecule has 0 spiro atoms. The molecule has 0 aliphatic heterocycles. The van der Waals surface area contributed by atoms with E-state index in [1.54, 1.807) is 43.5 Å². The van der Waals surface area contributed by atoms with Crippen molar-refractivity contribution in [3.63, 3.8) is 0 Å². The third kappa shape index (κ3) is 6.22. The number of anilines is 1. The van der Waals surface area contributed by atoms with Gasteiger partial charge in [0.05, 0.1) is 23.7 Å². The Hall–Kier alpha value is -3.32. The highest BCUT2D eigenvalue weighted by atomic mass is 32.2. The predicted molar refractivity (Wildman–Crippen MR) is 141 cm³/mol. The lowest BCUT2D eigenvalue weighted by Crippen LogP contribution is -2.42. The second-order valence-electron chi connectivity index (χ2n) is 8.93. The van der Waals surface area contributed by atoms with E-state index in [0.717, 1.165) is 33.6 Å². The minimum absolute atomic E-state index is 0.146. The number of rotatable bonds is 9. The number of amides is 1. The number of hydrogen-bond donors (Lipinski definition) is 1. The van der Waals surface area contributed by atoms with Gasteiger partial charge >= 0.3 is 0 Å². The van der Waals surface area contributed by atoms with Crippen LogP contribution in [0.25, 0.3) is 0 Å². The summed E-state index contributed by atoms with van der Waals surface area (Å²) in [5.41, 5.74) is 5.18. The standard InChI is InChI=1S/C28H34N2O4S/c1-7-26(23-10-13-27(34-6)22(5)17-23)29-28(31)18-30(24-15-20(3)14-21(4)16-24)35(32,33)25-11-8-19(2)9-12-25/h8-17,26H,7,18H2,1-6H3,(H,29,31)/t26-/m0/s1. The van der Waals surface area contributed by atoms with Gasteiger partial charge in [-0.3, -0.25) is 9.10 Å². The normalized spacial score (nSPS) is 12.2. The number of methoxy groups -OCH3 is 1. The zero-order chi connectivity index (χ0) is 25.8. The molecule has 0 saturated carbocycles. The highest BCUT2D eigenvalue weighted by Gasteiger charge is 2.28. The second kappa shape index (κ2) is 11.0. The van der Waals surface area contributed by atoms with Crippen LogP contribution in [0.15, 0.2) is 65.6 Å². The number of benzene rings is 3. The lowest BCUT2D eigenvalue weighted by molar-refractivity contribution is -0.120. The Balaban J connectivity index is 1.94. The molecule has 0 unspecified atom stereocenters. The number of nitrogens with one attached hydrogen (secondary N) is 1. The number of aryl methyl sites for hydroxylation is 4. The average molecular weight is 495 g/mol. The predicted octanol–water partition coefficient (Wildman–Crippen LogP) is 5.39. The summed E-state index contributed by atoms with van der Waals surface area (Å²) < 4.78 is 33.9. The lowest BCUT2D eigenvalue weighted by Gasteiger charge is -2.26. The first-order valence-electron chi connectivity index (χ1n) is 11.7. The summed E-state index contributed by atoms with van der Waals surface area (Å²) >= 11 is 0. The van der Waals surface area contributed by atoms with Crippen molar-refractivity contribution in [2.75, 3.05) is 18.0 Å². The Morgan fingerprint density at radius 2 is 1.54 bits per heavy atom. The zero-order valence-electron chi connectivity index (χ0n) is 21.3. The fourth-order valence-electron chi connectivity index (χ4n) is 4.16. The molecule has 0 radical (unpaired) electrons. The molecule has 3 rings (SSSR count). The quantitative estimate of drug-likeness (QED) is 0.433. The van der Waals surface area contributed by atoms with Gasteiger partial charge in [-0.05, 0) is 86.7 Å². The van der Waals surface area contributed by atoms with Crippen LogP contribution in [0.2, 0.25) is 0 Å². The number of ether oxygens (including phenoxy) is 1. The molecule has 0 fully saturated rings. The largest absolute Gasteiger partial charge is 0.496 e. The van der Waals surface area contributed by atoms with Crippen LogP contribution >= 0.6 is 0 Å². The lowest BCUT2D eigenvalue weighted by atomic mass is 10.0. The van der Waals surface area contributed by atoms with E-state index in [9.17, 15) is 13.2 Å². The third-order valence-electron chi connectivity index (χ3n) is 5.96. The summed E-state index contributed by atoms with van der Waals surface area (Å²) in [6.07, 6.45) is 0.659. The van der Waals surface area contributed by atoms with E-state index in [-0.39, 0.29) is 23.4 Å². The summed E-state index contributed by atoms with van der Waals surface area (Å²) in [7, 11) is -2.34. The van der Waals surface area contributed by atoms with Crippen LogP contribution in [0.5, 0.6) is 5.75 Å². The number of carbonyl (C=O) groups excluding carboxylic acids is 1. The molecule has 35 heavy (non-hydrogen) atoms. The van der Waals surface area contributed by atoms with E-state index >= 15 is 0 Å². The fourth-order valence-corrected chi connectivity index (χ4v) is 5.56. The first-order chi connectivity index (χ1) is 16.5. The Morgan fingerprint density at radius 3 is 2.09 bits per heavy atom. The first kappa shape index (κ1) is 26.3. The first-order valence-corrected chi connectivity index (χ1v) is 13.1. The topological polar surface area (TPSA) is 75.7 Å². The molecular formula is C28H34N2O4S. The van der Waals surface area contributed by atoms with Gasteiger partial charge in [-0.1, -0.05) is 42.8 Å². The van der Waals surface area contributed by atoms with Gasteiger partial charge in [0.25, 0.3) is 10.0 Å². The van der Waals surface area contributed by atoms with Crippen molar-refractivity contribution in [2.24, 2.45) is 0 Å². The minimum atomic E-state index is -3.97. The summed E-state index contributed by atoms with van der Waals surface area (Å²) in [5.74, 6) is 0.403. The maximum absolute atomic E-state index is 13.7. The molecule has 3 aromatic carbocycles. The van der Waals surface area contributed by atoms with Gasteiger partial charge in [-0.2, -0.15) is 0 Å². The van der Waals surface area contributed by atoms with E-state index in [1.165, 1.54) is 4.31 Å². The van der Waals surface area contributed by atoms with Gasteiger partial charge in [0, 0.05) is 0 Å². The number of carbonyl (C=O) groups is 1. The van der Waals surface area contributed by atoms with Crippen molar-refractivity contribution in [2.45, 2.75) is 52.0 Å². The molecule has 0 saturated heterocycles.